The first-order valence-corrected chi connectivity index (χ1v) is 10.9. The second-order valence-corrected chi connectivity index (χ2v) is 8.55. The number of nitrogens with zero attached hydrogens (tertiary/aromatic N) is 3. The van der Waals surface area contributed by atoms with Gasteiger partial charge in [0.25, 0.3) is 0 Å². The van der Waals surface area contributed by atoms with Crippen LogP contribution in [0.15, 0.2) is 48.5 Å². The molecule has 0 spiro atoms. The molecular formula is C23H26ClN5O2. The average Bonchev–Trinajstić information content (AvgIpc) is 3.31. The molecule has 2 N–H and O–H groups in total. The molecular weight excluding hydrogens is 414 g/mol. The van der Waals surface area contributed by atoms with Crippen molar-refractivity contribution in [1.82, 2.24) is 20.2 Å². The molecule has 4 rings (SSSR count). The molecule has 3 amide bonds. The highest BCUT2D eigenvalue weighted by Gasteiger charge is 2.31. The van der Waals surface area contributed by atoms with E-state index in [1.54, 1.807) is 11.0 Å². The molecule has 31 heavy (non-hydrogen) atoms. The fraction of sp³-hybridized carbons (Fsp3) is 0.348. The molecule has 0 aliphatic carbocycles. The topological polar surface area (TPSA) is 79.3 Å². The number of imidazole rings is 1. The molecule has 1 atom stereocenters. The van der Waals surface area contributed by atoms with Crippen LogP contribution in [0.3, 0.4) is 0 Å². The monoisotopic (exact) mass is 439 g/mol. The fourth-order valence-corrected chi connectivity index (χ4v) is 4.06. The molecule has 8 heteroatoms. The number of para-hydroxylation sites is 2. The lowest BCUT2D eigenvalue weighted by atomic mass is 10.0. The van der Waals surface area contributed by atoms with Gasteiger partial charge in [-0.25, -0.2) is 9.78 Å². The molecule has 0 saturated carbocycles. The zero-order chi connectivity index (χ0) is 22.0. The summed E-state index contributed by atoms with van der Waals surface area (Å²) in [6.45, 7) is 5.56. The maximum Gasteiger partial charge on any atom is 0.324 e. The summed E-state index contributed by atoms with van der Waals surface area (Å²) in [4.78, 5) is 32.2. The number of halogens is 1. The van der Waals surface area contributed by atoms with Gasteiger partial charge in [-0.3, -0.25) is 9.69 Å². The fourth-order valence-electron chi connectivity index (χ4n) is 3.86. The molecule has 0 radical (unpaired) electrons. The molecule has 1 aliphatic heterocycles. The van der Waals surface area contributed by atoms with Crippen LogP contribution in [0, 0.1) is 5.92 Å². The van der Waals surface area contributed by atoms with Crippen LogP contribution in [0.5, 0.6) is 0 Å². The van der Waals surface area contributed by atoms with Gasteiger partial charge in [-0.2, -0.15) is 0 Å². The largest absolute Gasteiger partial charge is 0.350 e. The average molecular weight is 440 g/mol. The summed E-state index contributed by atoms with van der Waals surface area (Å²) in [6.07, 6.45) is 0.532. The first-order valence-electron chi connectivity index (χ1n) is 10.5. The number of amides is 3. The normalized spacial score (nSPS) is 14.0. The smallest absolute Gasteiger partial charge is 0.324 e. The molecule has 162 valence electrons. The predicted molar refractivity (Wildman–Crippen MR) is 122 cm³/mol. The summed E-state index contributed by atoms with van der Waals surface area (Å²) in [5.41, 5.74) is 2.69. The van der Waals surface area contributed by atoms with E-state index in [4.69, 9.17) is 11.6 Å². The van der Waals surface area contributed by atoms with E-state index in [-0.39, 0.29) is 17.9 Å². The van der Waals surface area contributed by atoms with Gasteiger partial charge in [0.15, 0.2) is 0 Å². The van der Waals surface area contributed by atoms with Gasteiger partial charge in [-0.05, 0) is 36.1 Å². The molecule has 0 unspecified atom stereocenters. The minimum absolute atomic E-state index is 0.227. The number of carbonyl (C=O) groups is 2. The SMILES string of the molecule is CC(C)C[C@H](NC(=O)N1CCn2c1nc1ccccc12)C(=O)NCc1ccccc1Cl. The summed E-state index contributed by atoms with van der Waals surface area (Å²) in [6, 6.07) is 14.2. The van der Waals surface area contributed by atoms with Gasteiger partial charge in [0.05, 0.1) is 11.0 Å². The van der Waals surface area contributed by atoms with Crippen LogP contribution in [-0.4, -0.2) is 34.1 Å². The Labute approximate surface area is 186 Å². The van der Waals surface area contributed by atoms with Crippen molar-refractivity contribution in [2.45, 2.75) is 39.4 Å². The van der Waals surface area contributed by atoms with E-state index in [1.807, 2.05) is 60.9 Å². The Balaban J connectivity index is 1.46. The maximum absolute atomic E-state index is 13.1. The maximum atomic E-state index is 13.1. The molecule has 0 fully saturated rings. The molecule has 2 heterocycles. The number of hydrogen-bond donors (Lipinski definition) is 2. The molecule has 1 aliphatic rings. The first-order chi connectivity index (χ1) is 14.9. The van der Waals surface area contributed by atoms with E-state index in [0.717, 1.165) is 16.6 Å². The summed E-state index contributed by atoms with van der Waals surface area (Å²) >= 11 is 6.19. The van der Waals surface area contributed by atoms with E-state index in [2.05, 4.69) is 15.6 Å². The van der Waals surface area contributed by atoms with Crippen LogP contribution in [-0.2, 0) is 17.9 Å². The van der Waals surface area contributed by atoms with Crippen molar-refractivity contribution in [3.05, 3.63) is 59.1 Å². The van der Waals surface area contributed by atoms with E-state index in [1.165, 1.54) is 0 Å². The van der Waals surface area contributed by atoms with Gasteiger partial charge in [-0.15, -0.1) is 0 Å². The second-order valence-electron chi connectivity index (χ2n) is 8.14. The minimum Gasteiger partial charge on any atom is -0.350 e. The lowest BCUT2D eigenvalue weighted by Crippen LogP contribution is -2.51. The lowest BCUT2D eigenvalue weighted by molar-refractivity contribution is -0.123. The molecule has 1 aromatic heterocycles. The van der Waals surface area contributed by atoms with Crippen molar-refractivity contribution < 1.29 is 9.59 Å². The number of fused-ring (bicyclic) bond motifs is 3. The van der Waals surface area contributed by atoms with Gasteiger partial charge in [0, 0.05) is 24.7 Å². The van der Waals surface area contributed by atoms with E-state index in [9.17, 15) is 9.59 Å². The first kappa shape index (κ1) is 21.2. The van der Waals surface area contributed by atoms with E-state index >= 15 is 0 Å². The molecule has 3 aromatic rings. The van der Waals surface area contributed by atoms with Gasteiger partial charge < -0.3 is 15.2 Å². The van der Waals surface area contributed by atoms with E-state index < -0.39 is 6.04 Å². The summed E-state index contributed by atoms with van der Waals surface area (Å²) in [7, 11) is 0. The third-order valence-corrected chi connectivity index (χ3v) is 5.77. The minimum atomic E-state index is -0.645. The van der Waals surface area contributed by atoms with Crippen LogP contribution < -0.4 is 15.5 Å². The number of carbonyl (C=O) groups excluding carboxylic acids is 2. The van der Waals surface area contributed by atoms with Crippen molar-refractivity contribution in [3.8, 4) is 0 Å². The van der Waals surface area contributed by atoms with Crippen molar-refractivity contribution in [3.63, 3.8) is 0 Å². The van der Waals surface area contributed by atoms with Crippen molar-refractivity contribution in [1.29, 1.82) is 0 Å². The highest BCUT2D eigenvalue weighted by atomic mass is 35.5. The number of hydrogen-bond acceptors (Lipinski definition) is 3. The Morgan fingerprint density at radius 1 is 1.10 bits per heavy atom. The van der Waals surface area contributed by atoms with Gasteiger partial charge in [0.1, 0.15) is 6.04 Å². The number of nitrogens with one attached hydrogen (secondary N) is 2. The Hall–Kier alpha value is -3.06. The Bertz CT molecular complexity index is 1110. The molecule has 2 aromatic carbocycles. The van der Waals surface area contributed by atoms with Crippen LogP contribution in [0.4, 0.5) is 10.7 Å². The number of benzene rings is 2. The quantitative estimate of drug-likeness (QED) is 0.610. The second kappa shape index (κ2) is 8.98. The number of aromatic nitrogens is 2. The zero-order valence-electron chi connectivity index (χ0n) is 17.6. The molecule has 7 nitrogen and oxygen atoms in total. The number of anilines is 1. The highest BCUT2D eigenvalue weighted by molar-refractivity contribution is 6.31. The summed E-state index contributed by atoms with van der Waals surface area (Å²) < 4.78 is 2.03. The number of rotatable bonds is 6. The number of urea groups is 1. The van der Waals surface area contributed by atoms with Crippen LogP contribution in [0.25, 0.3) is 11.0 Å². The van der Waals surface area contributed by atoms with Crippen molar-refractivity contribution in [2.75, 3.05) is 11.4 Å². The summed E-state index contributed by atoms with van der Waals surface area (Å²) in [5, 5.41) is 6.42. The standard InChI is InChI=1S/C23H26ClN5O2/c1-15(2)13-19(21(30)25-14-16-7-3-4-8-17(16)24)27-23(31)29-12-11-28-20-10-6-5-9-18(20)26-22(28)29/h3-10,15,19H,11-14H2,1-2H3,(H,25,30)(H,27,31)/t19-/m0/s1. The van der Waals surface area contributed by atoms with Gasteiger partial charge >= 0.3 is 6.03 Å². The van der Waals surface area contributed by atoms with Crippen LogP contribution in [0.1, 0.15) is 25.8 Å². The van der Waals surface area contributed by atoms with E-state index in [0.29, 0.717) is 37.0 Å². The van der Waals surface area contributed by atoms with Gasteiger partial charge in [0.2, 0.25) is 11.9 Å². The zero-order valence-corrected chi connectivity index (χ0v) is 18.4. The van der Waals surface area contributed by atoms with Crippen molar-refractivity contribution >= 4 is 40.5 Å². The third-order valence-electron chi connectivity index (χ3n) is 5.40. The Morgan fingerprint density at radius 3 is 2.61 bits per heavy atom. The Kier molecular flexibility index (Phi) is 6.13. The Morgan fingerprint density at radius 2 is 1.84 bits per heavy atom. The summed E-state index contributed by atoms with van der Waals surface area (Å²) in [5.74, 6) is 0.618. The lowest BCUT2D eigenvalue weighted by Gasteiger charge is -2.23. The van der Waals surface area contributed by atoms with Crippen LogP contribution >= 0.6 is 11.6 Å². The van der Waals surface area contributed by atoms with Crippen LogP contribution in [0.2, 0.25) is 5.02 Å². The third kappa shape index (κ3) is 4.51. The van der Waals surface area contributed by atoms with Crippen molar-refractivity contribution in [2.24, 2.45) is 5.92 Å². The predicted octanol–water partition coefficient (Wildman–Crippen LogP) is 3.95. The molecule has 0 saturated heterocycles. The molecule has 0 bridgehead atoms. The highest BCUT2D eigenvalue weighted by Crippen LogP contribution is 2.27. The van der Waals surface area contributed by atoms with Gasteiger partial charge in [-0.1, -0.05) is 55.8 Å².